The number of allylic oxidation sites excluding steroid dienone is 3. The minimum atomic E-state index is -0.517. The molecule has 1 heterocycles. The third-order valence-corrected chi connectivity index (χ3v) is 5.73. The van der Waals surface area contributed by atoms with Gasteiger partial charge in [0.05, 0.1) is 23.2 Å². The molecule has 2 aromatic carbocycles. The monoisotopic (exact) mass is 387 g/mol. The summed E-state index contributed by atoms with van der Waals surface area (Å²) in [5.74, 6) is -0.770. The summed E-state index contributed by atoms with van der Waals surface area (Å²) in [6, 6.07) is 16.4. The normalized spacial score (nSPS) is 19.3. The molecule has 0 saturated carbocycles. The molecule has 0 radical (unpaired) electrons. The second-order valence-electron chi connectivity index (χ2n) is 7.36. The van der Waals surface area contributed by atoms with Crippen molar-refractivity contribution in [3.8, 4) is 6.07 Å². The predicted molar refractivity (Wildman–Crippen MR) is 110 cm³/mol. The molecule has 29 heavy (non-hydrogen) atoms. The topological polar surface area (TPSA) is 70.1 Å². The average molecular weight is 387 g/mol. The number of aryl methyl sites for hydroxylation is 1. The lowest BCUT2D eigenvalue weighted by atomic mass is 9.75. The number of hydrogen-bond donors (Lipinski definition) is 1. The van der Waals surface area contributed by atoms with Crippen molar-refractivity contribution in [2.45, 2.75) is 38.5 Å². The predicted octanol–water partition coefficient (Wildman–Crippen LogP) is 4.69. The molecule has 146 valence electrons. The third kappa shape index (κ3) is 3.11. The second-order valence-corrected chi connectivity index (χ2v) is 7.36. The summed E-state index contributed by atoms with van der Waals surface area (Å²) in [6.45, 7) is 2.08. The summed E-state index contributed by atoms with van der Waals surface area (Å²) in [5, 5.41) is 9.96. The van der Waals surface area contributed by atoms with Gasteiger partial charge in [-0.15, -0.1) is 0 Å². The van der Waals surface area contributed by atoms with Gasteiger partial charge in [-0.05, 0) is 42.5 Å². The van der Waals surface area contributed by atoms with Gasteiger partial charge in [-0.2, -0.15) is 5.26 Å². The number of halogens is 1. The zero-order valence-corrected chi connectivity index (χ0v) is 16.3. The van der Waals surface area contributed by atoms with Gasteiger partial charge in [0.25, 0.3) is 0 Å². The number of ketones is 1. The molecule has 0 saturated heterocycles. The number of Topliss-reactive ketones (excluding diaryl/α,β-unsaturated/α-hetero) is 1. The highest BCUT2D eigenvalue weighted by atomic mass is 19.1. The van der Waals surface area contributed by atoms with Crippen molar-refractivity contribution < 1.29 is 9.18 Å². The first-order valence-corrected chi connectivity index (χ1v) is 9.86. The quantitative estimate of drug-likeness (QED) is 0.829. The van der Waals surface area contributed by atoms with Crippen molar-refractivity contribution in [1.82, 2.24) is 0 Å². The Kier molecular flexibility index (Phi) is 4.94. The molecular weight excluding hydrogens is 365 g/mol. The first-order valence-electron chi connectivity index (χ1n) is 9.86. The van der Waals surface area contributed by atoms with E-state index in [-0.39, 0.29) is 22.9 Å². The summed E-state index contributed by atoms with van der Waals surface area (Å²) in [7, 11) is 0. The number of benzene rings is 2. The Bertz CT molecular complexity index is 1080. The number of carbonyl (C=O) groups excluding carboxylic acids is 1. The van der Waals surface area contributed by atoms with Crippen LogP contribution in [0.1, 0.15) is 43.2 Å². The molecule has 0 amide bonds. The number of para-hydroxylation sites is 1. The summed E-state index contributed by atoms with van der Waals surface area (Å²) < 4.78 is 14.6. The van der Waals surface area contributed by atoms with Gasteiger partial charge in [-0.3, -0.25) is 9.69 Å². The molecule has 2 N–H and O–H groups in total. The van der Waals surface area contributed by atoms with Crippen LogP contribution in [-0.4, -0.2) is 5.78 Å². The zero-order chi connectivity index (χ0) is 20.5. The smallest absolute Gasteiger partial charge is 0.161 e. The second kappa shape index (κ2) is 7.56. The minimum absolute atomic E-state index is 0.00240. The van der Waals surface area contributed by atoms with Crippen LogP contribution in [0, 0.1) is 17.1 Å². The fourth-order valence-corrected chi connectivity index (χ4v) is 4.27. The van der Waals surface area contributed by atoms with Crippen molar-refractivity contribution in [2.24, 2.45) is 5.73 Å². The van der Waals surface area contributed by atoms with Crippen molar-refractivity contribution in [3.63, 3.8) is 0 Å². The highest BCUT2D eigenvalue weighted by Gasteiger charge is 2.40. The minimum Gasteiger partial charge on any atom is -0.384 e. The summed E-state index contributed by atoms with van der Waals surface area (Å²) in [4.78, 5) is 14.6. The summed E-state index contributed by atoms with van der Waals surface area (Å²) >= 11 is 0. The first-order chi connectivity index (χ1) is 14.1. The zero-order valence-electron chi connectivity index (χ0n) is 16.3. The van der Waals surface area contributed by atoms with Gasteiger partial charge < -0.3 is 5.73 Å². The van der Waals surface area contributed by atoms with Gasteiger partial charge in [-0.1, -0.05) is 43.3 Å². The van der Waals surface area contributed by atoms with E-state index in [0.29, 0.717) is 30.5 Å². The van der Waals surface area contributed by atoms with E-state index in [1.807, 2.05) is 24.3 Å². The molecule has 2 aliphatic rings. The van der Waals surface area contributed by atoms with Gasteiger partial charge in [0.1, 0.15) is 11.6 Å². The number of carbonyl (C=O) groups is 1. The Balaban J connectivity index is 1.95. The van der Waals surface area contributed by atoms with Crippen LogP contribution in [0.3, 0.4) is 0 Å². The molecule has 0 spiro atoms. The van der Waals surface area contributed by atoms with Crippen molar-refractivity contribution in [2.75, 3.05) is 4.90 Å². The average Bonchev–Trinajstić information content (AvgIpc) is 2.74. The first kappa shape index (κ1) is 18.9. The Morgan fingerprint density at radius 3 is 2.55 bits per heavy atom. The Labute approximate surface area is 169 Å². The fraction of sp³-hybridized carbons (Fsp3) is 0.250. The van der Waals surface area contributed by atoms with E-state index in [4.69, 9.17) is 5.73 Å². The maximum atomic E-state index is 14.6. The molecule has 1 aliphatic heterocycles. The Hall–Kier alpha value is -3.39. The van der Waals surface area contributed by atoms with Gasteiger partial charge in [-0.25, -0.2) is 4.39 Å². The van der Waals surface area contributed by atoms with E-state index >= 15 is 0 Å². The van der Waals surface area contributed by atoms with Gasteiger partial charge in [0.2, 0.25) is 0 Å². The molecule has 1 aliphatic carbocycles. The SMILES string of the molecule is CCc1ccc(C2C(C#N)=C(N)N(c3ccccc3F)C3=C2C(=O)CCC3)cc1. The summed E-state index contributed by atoms with van der Waals surface area (Å²) in [5.41, 5.74) is 10.3. The van der Waals surface area contributed by atoms with Crippen LogP contribution in [0.4, 0.5) is 10.1 Å². The Morgan fingerprint density at radius 2 is 1.90 bits per heavy atom. The molecule has 4 rings (SSSR count). The number of rotatable bonds is 3. The molecule has 0 fully saturated rings. The van der Waals surface area contributed by atoms with Crippen LogP contribution in [0.15, 0.2) is 71.2 Å². The third-order valence-electron chi connectivity index (χ3n) is 5.73. The van der Waals surface area contributed by atoms with Crippen LogP contribution in [0.25, 0.3) is 0 Å². The highest BCUT2D eigenvalue weighted by Crippen LogP contribution is 2.46. The van der Waals surface area contributed by atoms with Crippen molar-refractivity contribution in [1.29, 1.82) is 5.26 Å². The molecule has 1 unspecified atom stereocenters. The lowest BCUT2D eigenvalue weighted by Crippen LogP contribution is -2.39. The van der Waals surface area contributed by atoms with Crippen LogP contribution >= 0.6 is 0 Å². The molecule has 0 aromatic heterocycles. The molecule has 5 heteroatoms. The highest BCUT2D eigenvalue weighted by molar-refractivity contribution is 6.01. The van der Waals surface area contributed by atoms with Gasteiger partial charge in [0.15, 0.2) is 5.78 Å². The van der Waals surface area contributed by atoms with Crippen LogP contribution in [0.2, 0.25) is 0 Å². The number of nitrogens with two attached hydrogens (primary N) is 1. The van der Waals surface area contributed by atoms with Crippen molar-refractivity contribution >= 4 is 11.5 Å². The molecule has 1 atom stereocenters. The molecule has 4 nitrogen and oxygen atoms in total. The van der Waals surface area contributed by atoms with E-state index in [0.717, 1.165) is 12.0 Å². The number of nitriles is 1. The largest absolute Gasteiger partial charge is 0.384 e. The lowest BCUT2D eigenvalue weighted by molar-refractivity contribution is -0.116. The molecule has 2 aromatic rings. The van der Waals surface area contributed by atoms with E-state index in [9.17, 15) is 14.4 Å². The fourth-order valence-electron chi connectivity index (χ4n) is 4.27. The van der Waals surface area contributed by atoms with Gasteiger partial charge >= 0.3 is 0 Å². The van der Waals surface area contributed by atoms with E-state index in [2.05, 4.69) is 13.0 Å². The van der Waals surface area contributed by atoms with Gasteiger partial charge in [0, 0.05) is 17.7 Å². The molecule has 0 bridgehead atoms. The Morgan fingerprint density at radius 1 is 1.17 bits per heavy atom. The number of anilines is 1. The number of nitrogens with zero attached hydrogens (tertiary/aromatic N) is 2. The van der Waals surface area contributed by atoms with Crippen LogP contribution in [0.5, 0.6) is 0 Å². The van der Waals surface area contributed by atoms with Crippen molar-refractivity contribution in [3.05, 3.63) is 88.1 Å². The lowest BCUT2D eigenvalue weighted by Gasteiger charge is -2.39. The maximum absolute atomic E-state index is 14.6. The maximum Gasteiger partial charge on any atom is 0.161 e. The molecular formula is C24H22FN3O. The van der Waals surface area contributed by atoms with E-state index in [1.54, 1.807) is 23.1 Å². The van der Waals surface area contributed by atoms with E-state index < -0.39 is 11.7 Å². The number of hydrogen-bond acceptors (Lipinski definition) is 4. The van der Waals surface area contributed by atoms with E-state index in [1.165, 1.54) is 11.6 Å². The van der Waals surface area contributed by atoms with Crippen LogP contribution in [-0.2, 0) is 11.2 Å². The standard InChI is InChI=1S/C24H22FN3O/c1-2-15-10-12-16(13-11-15)22-17(14-26)24(27)28(19-7-4-3-6-18(19)25)20-8-5-9-21(29)23(20)22/h3-4,6-7,10-13,22H,2,5,8-9,27H2,1H3. The van der Waals surface area contributed by atoms with Crippen LogP contribution < -0.4 is 10.6 Å². The summed E-state index contributed by atoms with van der Waals surface area (Å²) in [6.07, 6.45) is 2.62.